The number of halogens is 1. The maximum atomic E-state index is 13.3. The molecule has 1 N–H and O–H groups in total. The van der Waals surface area contributed by atoms with Crippen LogP contribution in [0.2, 0.25) is 0 Å². The molecule has 8 heteroatoms. The molecule has 1 aliphatic heterocycles. The summed E-state index contributed by atoms with van der Waals surface area (Å²) in [7, 11) is 0. The molecular formula is C25H29BrN2O5. The van der Waals surface area contributed by atoms with E-state index in [9.17, 15) is 14.4 Å². The average Bonchev–Trinajstić information content (AvgIpc) is 2.73. The van der Waals surface area contributed by atoms with Crippen LogP contribution in [0.5, 0.6) is 5.75 Å². The lowest BCUT2D eigenvalue weighted by Crippen LogP contribution is -2.29. The molecule has 0 unspecified atom stereocenters. The van der Waals surface area contributed by atoms with Crippen molar-refractivity contribution in [3.05, 3.63) is 52.0 Å². The highest BCUT2D eigenvalue weighted by Gasteiger charge is 2.24. The normalized spacial score (nSPS) is 13.9. The Morgan fingerprint density at radius 1 is 0.970 bits per heavy atom. The van der Waals surface area contributed by atoms with Gasteiger partial charge in [0, 0.05) is 30.2 Å². The average molecular weight is 517 g/mol. The summed E-state index contributed by atoms with van der Waals surface area (Å²) in [6, 6.07) is 10.1. The van der Waals surface area contributed by atoms with Gasteiger partial charge < -0.3 is 19.7 Å². The molecule has 7 nitrogen and oxygen atoms in total. The number of amides is 1. The molecule has 0 bridgehead atoms. The number of nitrogens with one attached hydrogen (secondary N) is 1. The summed E-state index contributed by atoms with van der Waals surface area (Å²) >= 11 is 3.38. The number of nitrogens with zero attached hydrogens (tertiary/aromatic N) is 1. The van der Waals surface area contributed by atoms with E-state index in [1.165, 1.54) is 13.3 Å². The second kappa shape index (κ2) is 10.4. The van der Waals surface area contributed by atoms with Crippen LogP contribution in [0.15, 0.2) is 40.9 Å². The minimum absolute atomic E-state index is 0.162. The third-order valence-electron chi connectivity index (χ3n) is 5.03. The minimum atomic E-state index is -0.684. The molecule has 0 saturated carbocycles. The molecule has 3 rings (SSSR count). The summed E-state index contributed by atoms with van der Waals surface area (Å²) in [5, 5.41) is 2.80. The number of rotatable bonds is 5. The molecule has 33 heavy (non-hydrogen) atoms. The summed E-state index contributed by atoms with van der Waals surface area (Å²) in [5.74, 6) is -1.40. The number of hydrogen-bond acceptors (Lipinski definition) is 6. The van der Waals surface area contributed by atoms with Crippen LogP contribution in [0.1, 0.15) is 67.7 Å². The van der Waals surface area contributed by atoms with Crippen molar-refractivity contribution in [3.63, 3.8) is 0 Å². The third kappa shape index (κ3) is 6.81. The van der Waals surface area contributed by atoms with E-state index in [0.29, 0.717) is 10.2 Å². The number of carbonyl (C=O) groups excluding carboxylic acids is 3. The Morgan fingerprint density at radius 2 is 1.67 bits per heavy atom. The molecule has 176 valence electrons. The largest absolute Gasteiger partial charge is 0.456 e. The molecule has 1 saturated heterocycles. The predicted octanol–water partition coefficient (Wildman–Crippen LogP) is 5.57. The first kappa shape index (κ1) is 24.8. The fraction of sp³-hybridized carbons (Fsp3) is 0.400. The molecule has 1 amide bonds. The van der Waals surface area contributed by atoms with E-state index in [1.807, 2.05) is 6.07 Å². The van der Waals surface area contributed by atoms with E-state index in [2.05, 4.69) is 26.1 Å². The number of carbonyl (C=O) groups is 3. The van der Waals surface area contributed by atoms with Gasteiger partial charge in [0.05, 0.1) is 16.8 Å². The molecule has 0 radical (unpaired) electrons. The molecule has 2 aromatic carbocycles. The van der Waals surface area contributed by atoms with Crippen LogP contribution in [0, 0.1) is 0 Å². The first-order valence-corrected chi connectivity index (χ1v) is 11.7. The van der Waals surface area contributed by atoms with Crippen molar-refractivity contribution in [2.24, 2.45) is 0 Å². The van der Waals surface area contributed by atoms with Crippen molar-refractivity contribution >= 4 is 45.2 Å². The Morgan fingerprint density at radius 3 is 2.30 bits per heavy atom. The van der Waals surface area contributed by atoms with E-state index >= 15 is 0 Å². The molecule has 0 aliphatic carbocycles. The number of ether oxygens (including phenoxy) is 2. The second-order valence-corrected chi connectivity index (χ2v) is 9.88. The molecule has 0 atom stereocenters. The fourth-order valence-corrected chi connectivity index (χ4v) is 3.97. The highest BCUT2D eigenvalue weighted by molar-refractivity contribution is 9.10. The smallest absolute Gasteiger partial charge is 0.340 e. The zero-order valence-corrected chi connectivity index (χ0v) is 21.0. The first-order valence-electron chi connectivity index (χ1n) is 10.9. The maximum Gasteiger partial charge on any atom is 0.340 e. The molecule has 1 heterocycles. The van der Waals surface area contributed by atoms with Crippen molar-refractivity contribution < 1.29 is 23.9 Å². The Kier molecular flexibility index (Phi) is 7.79. The van der Waals surface area contributed by atoms with Crippen molar-refractivity contribution in [1.82, 2.24) is 0 Å². The quantitative estimate of drug-likeness (QED) is 0.412. The molecule has 0 spiro atoms. The van der Waals surface area contributed by atoms with Crippen LogP contribution in [-0.4, -0.2) is 36.5 Å². The summed E-state index contributed by atoms with van der Waals surface area (Å²) in [6.07, 6.45) is 3.36. The van der Waals surface area contributed by atoms with Crippen molar-refractivity contribution in [2.75, 3.05) is 23.3 Å². The van der Waals surface area contributed by atoms with Crippen LogP contribution in [-0.2, 0) is 9.53 Å². The summed E-state index contributed by atoms with van der Waals surface area (Å²) in [5.41, 5.74) is 0.931. The monoisotopic (exact) mass is 516 g/mol. The number of benzene rings is 2. The topological polar surface area (TPSA) is 84.9 Å². The molecule has 1 fully saturated rings. The summed E-state index contributed by atoms with van der Waals surface area (Å²) < 4.78 is 11.5. The van der Waals surface area contributed by atoms with Gasteiger partial charge in [-0.25, -0.2) is 4.79 Å². The van der Waals surface area contributed by atoms with Gasteiger partial charge in [-0.3, -0.25) is 9.59 Å². The Labute approximate surface area is 202 Å². The molecule has 1 aliphatic rings. The highest BCUT2D eigenvalue weighted by atomic mass is 79.9. The molecule has 2 aromatic rings. The number of esters is 2. The van der Waals surface area contributed by atoms with Crippen LogP contribution < -0.4 is 15.0 Å². The third-order valence-corrected chi connectivity index (χ3v) is 5.52. The summed E-state index contributed by atoms with van der Waals surface area (Å²) in [4.78, 5) is 39.9. The van der Waals surface area contributed by atoms with Crippen LogP contribution in [0.25, 0.3) is 0 Å². The van der Waals surface area contributed by atoms with Crippen molar-refractivity contribution in [2.45, 2.75) is 52.6 Å². The van der Waals surface area contributed by atoms with Crippen molar-refractivity contribution in [1.29, 1.82) is 0 Å². The van der Waals surface area contributed by atoms with Gasteiger partial charge in [-0.05, 0) is 76.4 Å². The van der Waals surface area contributed by atoms with Gasteiger partial charge in [-0.1, -0.05) is 15.9 Å². The van der Waals surface area contributed by atoms with E-state index in [4.69, 9.17) is 9.47 Å². The number of anilines is 2. The van der Waals surface area contributed by atoms with E-state index < -0.39 is 23.4 Å². The van der Waals surface area contributed by atoms with Gasteiger partial charge in [0.25, 0.3) is 5.91 Å². The van der Waals surface area contributed by atoms with E-state index in [0.717, 1.165) is 31.6 Å². The predicted molar refractivity (Wildman–Crippen MR) is 131 cm³/mol. The standard InChI is InChI=1S/C25H29BrN2O5/c1-16(29)32-22-11-9-18(28-12-6-5-7-13-28)15-20(22)23(30)27-21-14-17(26)8-10-19(21)24(31)33-25(2,3)4/h8-11,14-15H,5-7,12-13H2,1-4H3,(H,27,30). The van der Waals surface area contributed by atoms with Crippen LogP contribution in [0.4, 0.5) is 11.4 Å². The van der Waals surface area contributed by atoms with E-state index in [-0.39, 0.29) is 16.9 Å². The number of hydrogen-bond donors (Lipinski definition) is 1. The molecular weight excluding hydrogens is 488 g/mol. The highest BCUT2D eigenvalue weighted by Crippen LogP contribution is 2.30. The Balaban J connectivity index is 1.95. The van der Waals surface area contributed by atoms with Crippen LogP contribution >= 0.6 is 15.9 Å². The van der Waals surface area contributed by atoms with Gasteiger partial charge in [0.1, 0.15) is 11.4 Å². The van der Waals surface area contributed by atoms with Gasteiger partial charge >= 0.3 is 11.9 Å². The first-order chi connectivity index (χ1) is 15.5. The van der Waals surface area contributed by atoms with Gasteiger partial charge in [-0.2, -0.15) is 0 Å². The Bertz CT molecular complexity index is 1060. The molecule has 0 aromatic heterocycles. The van der Waals surface area contributed by atoms with Gasteiger partial charge in [-0.15, -0.1) is 0 Å². The second-order valence-electron chi connectivity index (χ2n) is 8.97. The SMILES string of the molecule is CC(=O)Oc1ccc(N2CCCCC2)cc1C(=O)Nc1cc(Br)ccc1C(=O)OC(C)(C)C. The van der Waals surface area contributed by atoms with E-state index in [1.54, 1.807) is 51.1 Å². The zero-order chi connectivity index (χ0) is 24.2. The zero-order valence-electron chi connectivity index (χ0n) is 19.4. The number of piperidine rings is 1. The maximum absolute atomic E-state index is 13.3. The Hall–Kier alpha value is -2.87. The lowest BCUT2D eigenvalue weighted by atomic mass is 10.1. The van der Waals surface area contributed by atoms with Gasteiger partial charge in [0.2, 0.25) is 0 Å². The summed E-state index contributed by atoms with van der Waals surface area (Å²) in [6.45, 7) is 8.43. The lowest BCUT2D eigenvalue weighted by Gasteiger charge is -2.29. The van der Waals surface area contributed by atoms with Crippen LogP contribution in [0.3, 0.4) is 0 Å². The lowest BCUT2D eigenvalue weighted by molar-refractivity contribution is -0.131. The van der Waals surface area contributed by atoms with Crippen molar-refractivity contribution in [3.8, 4) is 5.75 Å². The fourth-order valence-electron chi connectivity index (χ4n) is 3.61. The minimum Gasteiger partial charge on any atom is -0.456 e. The van der Waals surface area contributed by atoms with Gasteiger partial charge in [0.15, 0.2) is 0 Å².